The number of aliphatic hydroxyl groups is 1. The molecule has 0 bridgehead atoms. The van der Waals surface area contributed by atoms with Crippen LogP contribution in [0.4, 0.5) is 0 Å². The summed E-state index contributed by atoms with van der Waals surface area (Å²) in [6.45, 7) is -0.140. The number of hydrogen-bond acceptors (Lipinski definition) is 4. The molecule has 0 aliphatic rings. The zero-order valence-corrected chi connectivity index (χ0v) is 13.9. The molecule has 1 aromatic heterocycles. The molecule has 0 saturated carbocycles. The molecular weight excluding hydrogens is 350 g/mol. The number of aromatic nitrogens is 1. The third-order valence-corrected chi connectivity index (χ3v) is 4.13. The second-order valence-electron chi connectivity index (χ2n) is 4.09. The van der Waals surface area contributed by atoms with Crippen LogP contribution >= 0.6 is 27.7 Å². The first-order valence-electron chi connectivity index (χ1n) is 6.24. The van der Waals surface area contributed by atoms with Crippen molar-refractivity contribution in [1.82, 2.24) is 4.98 Å². The van der Waals surface area contributed by atoms with Gasteiger partial charge >= 0.3 is 0 Å². The molecule has 21 heavy (non-hydrogen) atoms. The molecule has 1 N–H and O–H groups in total. The van der Waals surface area contributed by atoms with Gasteiger partial charge in [0.05, 0.1) is 12.1 Å². The maximum atomic E-state index is 8.76. The molecule has 0 aliphatic heterocycles. The van der Waals surface area contributed by atoms with Gasteiger partial charge < -0.3 is 9.84 Å². The van der Waals surface area contributed by atoms with Crippen LogP contribution in [0.3, 0.4) is 0 Å². The maximum absolute atomic E-state index is 8.76. The molecule has 0 amide bonds. The van der Waals surface area contributed by atoms with Crippen LogP contribution < -0.4 is 4.74 Å². The fraction of sp³-hybridized carbons (Fsp3) is 0.188. The summed E-state index contributed by atoms with van der Waals surface area (Å²) in [4.78, 5) is 4.34. The van der Waals surface area contributed by atoms with Crippen LogP contribution in [0.2, 0.25) is 0 Å². The highest BCUT2D eigenvalue weighted by molar-refractivity contribution is 9.10. The van der Waals surface area contributed by atoms with Gasteiger partial charge in [-0.05, 0) is 46.3 Å². The van der Waals surface area contributed by atoms with Crippen LogP contribution in [0.5, 0.6) is 5.75 Å². The average Bonchev–Trinajstić information content (AvgIpc) is 2.52. The van der Waals surface area contributed by atoms with E-state index >= 15 is 0 Å². The van der Waals surface area contributed by atoms with E-state index in [4.69, 9.17) is 9.84 Å². The normalized spacial score (nSPS) is 9.86. The quantitative estimate of drug-likeness (QED) is 0.666. The highest BCUT2D eigenvalue weighted by atomic mass is 79.9. The van der Waals surface area contributed by atoms with E-state index in [1.54, 1.807) is 25.1 Å². The fourth-order valence-corrected chi connectivity index (χ4v) is 2.77. The number of ether oxygens (including phenoxy) is 1. The number of aliphatic hydroxyl groups excluding tert-OH is 1. The summed E-state index contributed by atoms with van der Waals surface area (Å²) in [5.74, 6) is 7.13. The third-order valence-electron chi connectivity index (χ3n) is 2.67. The minimum Gasteiger partial charge on any atom is -0.496 e. The van der Waals surface area contributed by atoms with Crippen molar-refractivity contribution in [2.45, 2.75) is 10.8 Å². The molecule has 3 nitrogen and oxygen atoms in total. The van der Waals surface area contributed by atoms with Gasteiger partial charge in [-0.25, -0.2) is 4.98 Å². The van der Waals surface area contributed by atoms with Crippen LogP contribution in [0.1, 0.15) is 11.1 Å². The predicted octanol–water partition coefficient (Wildman–Crippen LogP) is 3.49. The van der Waals surface area contributed by atoms with Crippen molar-refractivity contribution in [3.8, 4) is 17.6 Å². The summed E-state index contributed by atoms with van der Waals surface area (Å²) in [7, 11) is 1.65. The van der Waals surface area contributed by atoms with Gasteiger partial charge in [0.25, 0.3) is 0 Å². The lowest BCUT2D eigenvalue weighted by molar-refractivity contribution is 0.350. The Morgan fingerprint density at radius 1 is 1.33 bits per heavy atom. The van der Waals surface area contributed by atoms with E-state index in [0.717, 1.165) is 32.1 Å². The Bertz CT molecular complexity index is 662. The third kappa shape index (κ3) is 4.78. The van der Waals surface area contributed by atoms with E-state index < -0.39 is 0 Å². The first-order valence-corrected chi connectivity index (χ1v) is 8.02. The topological polar surface area (TPSA) is 42.4 Å². The van der Waals surface area contributed by atoms with Crippen LogP contribution in [0.25, 0.3) is 0 Å². The van der Waals surface area contributed by atoms with Gasteiger partial charge in [0.15, 0.2) is 0 Å². The van der Waals surface area contributed by atoms with Gasteiger partial charge in [0.2, 0.25) is 0 Å². The Labute approximate surface area is 136 Å². The summed E-state index contributed by atoms with van der Waals surface area (Å²) in [5.41, 5.74) is 1.92. The molecule has 108 valence electrons. The van der Waals surface area contributed by atoms with Crippen LogP contribution in [-0.2, 0) is 5.75 Å². The van der Waals surface area contributed by atoms with E-state index in [-0.39, 0.29) is 6.61 Å². The van der Waals surface area contributed by atoms with Gasteiger partial charge in [-0.1, -0.05) is 11.8 Å². The minimum absolute atomic E-state index is 0.140. The molecule has 0 atom stereocenters. The highest BCUT2D eigenvalue weighted by Gasteiger charge is 2.05. The standard InChI is InChI=1S/C16H14BrNO2S/c1-20-15-6-4-12(3-2-8-19)9-13(15)11-21-16-7-5-14(17)10-18-16/h4-7,9-10,19H,8,11H2,1H3. The van der Waals surface area contributed by atoms with E-state index in [2.05, 4.69) is 32.8 Å². The van der Waals surface area contributed by atoms with Gasteiger partial charge in [0, 0.05) is 27.5 Å². The van der Waals surface area contributed by atoms with Gasteiger partial charge in [-0.3, -0.25) is 0 Å². The molecule has 0 fully saturated rings. The molecule has 0 unspecified atom stereocenters. The minimum atomic E-state index is -0.140. The number of benzene rings is 1. The number of methoxy groups -OCH3 is 1. The monoisotopic (exact) mass is 363 g/mol. The molecule has 5 heteroatoms. The molecule has 1 heterocycles. The smallest absolute Gasteiger partial charge is 0.122 e. The van der Waals surface area contributed by atoms with Crippen molar-refractivity contribution in [1.29, 1.82) is 0 Å². The van der Waals surface area contributed by atoms with E-state index in [1.165, 1.54) is 0 Å². The van der Waals surface area contributed by atoms with Crippen molar-refractivity contribution in [2.75, 3.05) is 13.7 Å². The zero-order valence-electron chi connectivity index (χ0n) is 11.5. The first kappa shape index (κ1) is 15.9. The van der Waals surface area contributed by atoms with Crippen molar-refractivity contribution >= 4 is 27.7 Å². The van der Waals surface area contributed by atoms with Crippen LogP contribution in [-0.4, -0.2) is 23.8 Å². The van der Waals surface area contributed by atoms with E-state index in [0.29, 0.717) is 0 Å². The van der Waals surface area contributed by atoms with Crippen LogP contribution in [0, 0.1) is 11.8 Å². The summed E-state index contributed by atoms with van der Waals surface area (Å²) in [6.07, 6.45) is 1.78. The molecule has 0 radical (unpaired) electrons. The number of pyridine rings is 1. The van der Waals surface area contributed by atoms with Crippen molar-refractivity contribution < 1.29 is 9.84 Å². The summed E-state index contributed by atoms with van der Waals surface area (Å²) < 4.78 is 6.34. The molecule has 0 aliphatic carbocycles. The number of thioether (sulfide) groups is 1. The molecule has 2 rings (SSSR count). The molecular formula is C16H14BrNO2S. The first-order chi connectivity index (χ1) is 10.2. The lowest BCUT2D eigenvalue weighted by Gasteiger charge is -2.08. The Kier molecular flexibility index (Phi) is 6.12. The molecule has 1 aromatic carbocycles. The SMILES string of the molecule is COc1ccc(C#CCO)cc1CSc1ccc(Br)cn1. The Balaban J connectivity index is 2.15. The van der Waals surface area contributed by atoms with Crippen LogP contribution in [0.15, 0.2) is 46.0 Å². The number of rotatable bonds is 4. The van der Waals surface area contributed by atoms with Crippen molar-refractivity contribution in [3.05, 3.63) is 52.1 Å². The second kappa shape index (κ2) is 8.08. The van der Waals surface area contributed by atoms with Crippen molar-refractivity contribution in [3.63, 3.8) is 0 Å². The summed E-state index contributed by atoms with van der Waals surface area (Å²) >= 11 is 5.01. The summed E-state index contributed by atoms with van der Waals surface area (Å²) in [6, 6.07) is 9.69. The molecule has 0 spiro atoms. The van der Waals surface area contributed by atoms with Gasteiger partial charge in [-0.2, -0.15) is 0 Å². The van der Waals surface area contributed by atoms with Gasteiger partial charge in [0.1, 0.15) is 12.4 Å². The van der Waals surface area contributed by atoms with E-state index in [9.17, 15) is 0 Å². The largest absolute Gasteiger partial charge is 0.496 e. The second-order valence-corrected chi connectivity index (χ2v) is 6.00. The molecule has 0 saturated heterocycles. The van der Waals surface area contributed by atoms with Gasteiger partial charge in [-0.15, -0.1) is 11.8 Å². The van der Waals surface area contributed by atoms with E-state index in [1.807, 2.05) is 30.3 Å². The van der Waals surface area contributed by atoms with Crippen molar-refractivity contribution in [2.24, 2.45) is 0 Å². The Morgan fingerprint density at radius 2 is 2.19 bits per heavy atom. The Hall–Kier alpha value is -1.48. The number of hydrogen-bond donors (Lipinski definition) is 1. The average molecular weight is 364 g/mol. The lowest BCUT2D eigenvalue weighted by atomic mass is 10.1. The highest BCUT2D eigenvalue weighted by Crippen LogP contribution is 2.28. The number of nitrogens with zero attached hydrogens (tertiary/aromatic N) is 1. The summed E-state index contributed by atoms with van der Waals surface area (Å²) in [5, 5.41) is 9.71. The fourth-order valence-electron chi connectivity index (χ4n) is 1.71. The zero-order chi connectivity index (χ0) is 15.1. The Morgan fingerprint density at radius 3 is 2.86 bits per heavy atom. The predicted molar refractivity (Wildman–Crippen MR) is 88.5 cm³/mol. The number of halogens is 1. The maximum Gasteiger partial charge on any atom is 0.122 e. The lowest BCUT2D eigenvalue weighted by Crippen LogP contribution is -1.92. The molecule has 2 aromatic rings.